The van der Waals surface area contributed by atoms with Crippen molar-refractivity contribution in [1.29, 1.82) is 0 Å². The molecule has 0 radical (unpaired) electrons. The highest BCUT2D eigenvalue weighted by Gasteiger charge is 2.06. The molecule has 1 atom stereocenters. The maximum atomic E-state index is 11.1. The molecule has 1 aromatic heterocycles. The lowest BCUT2D eigenvalue weighted by molar-refractivity contribution is 0.679. The Bertz CT molecular complexity index is 356. The van der Waals surface area contributed by atoms with E-state index in [1.54, 1.807) is 6.07 Å². The van der Waals surface area contributed by atoms with E-state index in [0.29, 0.717) is 11.0 Å². The predicted molar refractivity (Wildman–Crippen MR) is 58.1 cm³/mol. The number of anilines is 1. The standard InChI is InChI=1S/C8H12ClN3OS/c1-5(2)10-7-4-6(9)11-8(12-7)14(3)13/h4-5H,1-3H3,(H,10,11,12)/t14-/m1/s1. The summed E-state index contributed by atoms with van der Waals surface area (Å²) in [7, 11) is -1.21. The number of nitrogens with zero attached hydrogens (tertiary/aromatic N) is 2. The molecule has 1 aromatic rings. The molecule has 0 saturated carbocycles. The highest BCUT2D eigenvalue weighted by atomic mass is 35.5. The van der Waals surface area contributed by atoms with Gasteiger partial charge in [0, 0.05) is 18.4 Å². The first kappa shape index (κ1) is 11.4. The van der Waals surface area contributed by atoms with Crippen molar-refractivity contribution in [2.75, 3.05) is 11.6 Å². The fourth-order valence-corrected chi connectivity index (χ4v) is 1.58. The van der Waals surface area contributed by atoms with Crippen molar-refractivity contribution in [3.63, 3.8) is 0 Å². The zero-order chi connectivity index (χ0) is 10.7. The Morgan fingerprint density at radius 2 is 2.14 bits per heavy atom. The predicted octanol–water partition coefficient (Wildman–Crippen LogP) is 1.69. The lowest BCUT2D eigenvalue weighted by Crippen LogP contribution is -2.12. The molecule has 0 aliphatic carbocycles. The molecule has 78 valence electrons. The zero-order valence-electron chi connectivity index (χ0n) is 8.24. The third kappa shape index (κ3) is 3.23. The largest absolute Gasteiger partial charge is 0.368 e. The second-order valence-electron chi connectivity index (χ2n) is 3.11. The summed E-state index contributed by atoms with van der Waals surface area (Å²) in [6.07, 6.45) is 1.52. The molecule has 0 aromatic carbocycles. The van der Waals surface area contributed by atoms with Crippen LogP contribution < -0.4 is 5.32 Å². The van der Waals surface area contributed by atoms with E-state index in [-0.39, 0.29) is 11.2 Å². The minimum Gasteiger partial charge on any atom is -0.368 e. The molecule has 6 heteroatoms. The highest BCUT2D eigenvalue weighted by Crippen LogP contribution is 2.13. The van der Waals surface area contributed by atoms with Crippen molar-refractivity contribution < 1.29 is 4.21 Å². The van der Waals surface area contributed by atoms with Gasteiger partial charge in [-0.3, -0.25) is 4.21 Å². The number of nitrogens with one attached hydrogen (secondary N) is 1. The summed E-state index contributed by atoms with van der Waals surface area (Å²) in [5.41, 5.74) is 0. The van der Waals surface area contributed by atoms with Crippen LogP contribution >= 0.6 is 11.6 Å². The average molecular weight is 234 g/mol. The van der Waals surface area contributed by atoms with E-state index >= 15 is 0 Å². The van der Waals surface area contributed by atoms with Crippen LogP contribution in [0.1, 0.15) is 13.8 Å². The van der Waals surface area contributed by atoms with Gasteiger partial charge in [0.25, 0.3) is 0 Å². The Labute approximate surface area is 90.6 Å². The molecular formula is C8H12ClN3OS. The van der Waals surface area contributed by atoms with Gasteiger partial charge in [0.1, 0.15) is 11.0 Å². The Hall–Kier alpha value is -0.680. The first-order valence-electron chi connectivity index (χ1n) is 4.13. The number of hydrogen-bond acceptors (Lipinski definition) is 4. The van der Waals surface area contributed by atoms with Crippen molar-refractivity contribution in [2.45, 2.75) is 25.0 Å². The Morgan fingerprint density at radius 1 is 1.50 bits per heavy atom. The van der Waals surface area contributed by atoms with E-state index in [1.807, 2.05) is 13.8 Å². The van der Waals surface area contributed by atoms with E-state index in [4.69, 9.17) is 11.6 Å². The van der Waals surface area contributed by atoms with Crippen molar-refractivity contribution in [3.8, 4) is 0 Å². The first-order chi connectivity index (χ1) is 6.49. The number of aromatic nitrogens is 2. The molecule has 0 fully saturated rings. The van der Waals surface area contributed by atoms with Crippen molar-refractivity contribution >= 4 is 28.2 Å². The maximum absolute atomic E-state index is 11.1. The Kier molecular flexibility index (Phi) is 3.83. The van der Waals surface area contributed by atoms with Gasteiger partial charge in [0.05, 0.1) is 10.8 Å². The number of hydrogen-bond donors (Lipinski definition) is 1. The van der Waals surface area contributed by atoms with Crippen LogP contribution in [0, 0.1) is 0 Å². The van der Waals surface area contributed by atoms with Crippen LogP contribution in [-0.4, -0.2) is 26.5 Å². The van der Waals surface area contributed by atoms with Crippen LogP contribution in [-0.2, 0) is 10.8 Å². The molecule has 4 nitrogen and oxygen atoms in total. The average Bonchev–Trinajstić information content (AvgIpc) is 2.01. The van der Waals surface area contributed by atoms with E-state index in [1.165, 1.54) is 6.26 Å². The molecule has 1 heterocycles. The first-order valence-corrected chi connectivity index (χ1v) is 6.07. The second kappa shape index (κ2) is 4.70. The van der Waals surface area contributed by atoms with Crippen molar-refractivity contribution in [1.82, 2.24) is 9.97 Å². The molecule has 0 bridgehead atoms. The van der Waals surface area contributed by atoms with Crippen LogP contribution in [0.5, 0.6) is 0 Å². The van der Waals surface area contributed by atoms with Gasteiger partial charge in [0.15, 0.2) is 0 Å². The molecule has 1 N–H and O–H groups in total. The monoisotopic (exact) mass is 233 g/mol. The van der Waals surface area contributed by atoms with Crippen LogP contribution in [0.2, 0.25) is 5.15 Å². The van der Waals surface area contributed by atoms with Gasteiger partial charge in [-0.05, 0) is 13.8 Å². The Morgan fingerprint density at radius 3 is 2.64 bits per heavy atom. The number of rotatable bonds is 3. The summed E-state index contributed by atoms with van der Waals surface area (Å²) in [5, 5.41) is 3.62. The van der Waals surface area contributed by atoms with Gasteiger partial charge in [-0.15, -0.1) is 0 Å². The molecule has 0 amide bonds. The Balaban J connectivity index is 3.01. The zero-order valence-corrected chi connectivity index (χ0v) is 9.82. The van der Waals surface area contributed by atoms with E-state index in [2.05, 4.69) is 15.3 Å². The van der Waals surface area contributed by atoms with Gasteiger partial charge >= 0.3 is 0 Å². The molecule has 14 heavy (non-hydrogen) atoms. The highest BCUT2D eigenvalue weighted by molar-refractivity contribution is 7.84. The van der Waals surface area contributed by atoms with E-state index in [0.717, 1.165) is 0 Å². The van der Waals surface area contributed by atoms with Gasteiger partial charge < -0.3 is 5.32 Å². The summed E-state index contributed by atoms with van der Waals surface area (Å²) >= 11 is 5.75. The molecule has 0 unspecified atom stereocenters. The van der Waals surface area contributed by atoms with Crippen molar-refractivity contribution in [2.24, 2.45) is 0 Å². The van der Waals surface area contributed by atoms with E-state index in [9.17, 15) is 4.21 Å². The van der Waals surface area contributed by atoms with Crippen LogP contribution in [0.3, 0.4) is 0 Å². The third-order valence-electron chi connectivity index (χ3n) is 1.37. The van der Waals surface area contributed by atoms with Crippen molar-refractivity contribution in [3.05, 3.63) is 11.2 Å². The maximum Gasteiger partial charge on any atom is 0.221 e. The molecule has 0 aliphatic heterocycles. The summed E-state index contributed by atoms with van der Waals surface area (Å²) in [6, 6.07) is 1.86. The fraction of sp³-hybridized carbons (Fsp3) is 0.500. The summed E-state index contributed by atoms with van der Waals surface area (Å²) < 4.78 is 11.1. The quantitative estimate of drug-likeness (QED) is 0.638. The lowest BCUT2D eigenvalue weighted by atomic mass is 10.4. The van der Waals surface area contributed by atoms with Crippen LogP contribution in [0.25, 0.3) is 0 Å². The summed E-state index contributed by atoms with van der Waals surface area (Å²) in [5.74, 6) is 0.602. The molecule has 1 rings (SSSR count). The molecule has 0 spiro atoms. The third-order valence-corrected chi connectivity index (χ3v) is 2.26. The van der Waals surface area contributed by atoms with E-state index < -0.39 is 10.8 Å². The number of halogens is 1. The second-order valence-corrected chi connectivity index (χ2v) is 4.77. The fourth-order valence-electron chi connectivity index (χ4n) is 0.895. The summed E-state index contributed by atoms with van der Waals surface area (Å²) in [6.45, 7) is 3.97. The lowest BCUT2D eigenvalue weighted by Gasteiger charge is -2.09. The van der Waals surface area contributed by atoms with Gasteiger partial charge in [-0.2, -0.15) is 0 Å². The van der Waals surface area contributed by atoms with Crippen LogP contribution in [0.15, 0.2) is 11.2 Å². The van der Waals surface area contributed by atoms with Gasteiger partial charge in [0.2, 0.25) is 5.16 Å². The van der Waals surface area contributed by atoms with Crippen LogP contribution in [0.4, 0.5) is 5.82 Å². The van der Waals surface area contributed by atoms with Gasteiger partial charge in [-0.1, -0.05) is 11.6 Å². The smallest absolute Gasteiger partial charge is 0.221 e. The molecule has 0 aliphatic rings. The normalized spacial score (nSPS) is 12.9. The molecular weight excluding hydrogens is 222 g/mol. The summed E-state index contributed by atoms with van der Waals surface area (Å²) in [4.78, 5) is 7.92. The SMILES string of the molecule is CC(C)Nc1cc(Cl)nc([S@@](C)=O)n1. The topological polar surface area (TPSA) is 54.9 Å². The minimum absolute atomic E-state index is 0.249. The minimum atomic E-state index is -1.21. The molecule has 0 saturated heterocycles. The van der Waals surface area contributed by atoms with Gasteiger partial charge in [-0.25, -0.2) is 9.97 Å².